The lowest BCUT2D eigenvalue weighted by molar-refractivity contribution is -0.277. The molecule has 23 heavy (non-hydrogen) atoms. The summed E-state index contributed by atoms with van der Waals surface area (Å²) in [5.74, 6) is 0.0462. The summed E-state index contributed by atoms with van der Waals surface area (Å²) in [4.78, 5) is 0. The molecule has 0 saturated carbocycles. The van der Waals surface area contributed by atoms with Crippen LogP contribution in [0.5, 0.6) is 23.0 Å². The van der Waals surface area contributed by atoms with E-state index in [1.165, 1.54) is 26.4 Å². The number of rotatable bonds is 5. The molecule has 1 saturated heterocycles. The molecule has 1 heterocycles. The molecule has 0 unspecified atom stereocenters. The predicted octanol–water partition coefficient (Wildman–Crippen LogP) is -1.41. The van der Waals surface area contributed by atoms with Crippen molar-refractivity contribution in [3.63, 3.8) is 0 Å². The van der Waals surface area contributed by atoms with Crippen LogP contribution in [0.3, 0.4) is 0 Å². The van der Waals surface area contributed by atoms with Crippen LogP contribution in [-0.2, 0) is 4.74 Å². The van der Waals surface area contributed by atoms with Gasteiger partial charge in [0.2, 0.25) is 12.0 Å². The van der Waals surface area contributed by atoms with E-state index in [9.17, 15) is 20.4 Å². The number of ether oxygens (including phenoxy) is 4. The quantitative estimate of drug-likeness (QED) is 0.440. The zero-order chi connectivity index (χ0) is 17.1. The van der Waals surface area contributed by atoms with Crippen molar-refractivity contribution in [1.82, 2.24) is 0 Å². The molecular weight excluding hydrogens is 312 g/mol. The molecule has 2 rings (SSSR count). The average molecular weight is 332 g/mol. The van der Waals surface area contributed by atoms with E-state index in [-0.39, 0.29) is 23.0 Å². The number of aromatic hydroxyl groups is 1. The van der Waals surface area contributed by atoms with Crippen molar-refractivity contribution >= 4 is 0 Å². The molecule has 1 aromatic carbocycles. The van der Waals surface area contributed by atoms with Gasteiger partial charge in [-0.1, -0.05) is 0 Å². The van der Waals surface area contributed by atoms with Gasteiger partial charge in [-0.2, -0.15) is 0 Å². The molecule has 1 aliphatic rings. The van der Waals surface area contributed by atoms with Gasteiger partial charge in [0.25, 0.3) is 0 Å². The van der Waals surface area contributed by atoms with Crippen molar-refractivity contribution in [2.24, 2.45) is 0 Å². The maximum Gasteiger partial charge on any atom is 0.229 e. The number of benzene rings is 1. The van der Waals surface area contributed by atoms with Crippen molar-refractivity contribution in [3.8, 4) is 23.0 Å². The number of phenols is 1. The van der Waals surface area contributed by atoms with Gasteiger partial charge >= 0.3 is 0 Å². The lowest BCUT2D eigenvalue weighted by Gasteiger charge is -2.39. The first kappa shape index (κ1) is 17.6. The van der Waals surface area contributed by atoms with Gasteiger partial charge in [-0.3, -0.25) is 0 Å². The summed E-state index contributed by atoms with van der Waals surface area (Å²) in [5, 5.41) is 48.4. The fourth-order valence-electron chi connectivity index (χ4n) is 2.24. The van der Waals surface area contributed by atoms with Gasteiger partial charge in [0.05, 0.1) is 20.8 Å². The normalized spacial score (nSPS) is 30.8. The van der Waals surface area contributed by atoms with Crippen LogP contribution in [0.15, 0.2) is 12.1 Å². The molecule has 0 spiro atoms. The highest BCUT2D eigenvalue weighted by Gasteiger charge is 2.44. The number of hydrogen-bond acceptors (Lipinski definition) is 9. The van der Waals surface area contributed by atoms with Crippen molar-refractivity contribution in [2.45, 2.75) is 30.7 Å². The first-order chi connectivity index (χ1) is 10.9. The molecule has 0 radical (unpaired) electrons. The second kappa shape index (κ2) is 7.20. The third-order valence-electron chi connectivity index (χ3n) is 3.55. The largest absolute Gasteiger partial charge is 0.502 e. The Morgan fingerprint density at radius 2 is 1.57 bits per heavy atom. The van der Waals surface area contributed by atoms with Crippen LogP contribution >= 0.6 is 0 Å². The molecule has 0 bridgehead atoms. The molecule has 0 amide bonds. The van der Waals surface area contributed by atoms with Crippen LogP contribution in [-0.4, -0.2) is 77.1 Å². The molecule has 5 N–H and O–H groups in total. The highest BCUT2D eigenvalue weighted by atomic mass is 16.7. The lowest BCUT2D eigenvalue weighted by Crippen LogP contribution is -2.60. The van der Waals surface area contributed by atoms with Crippen LogP contribution in [0, 0.1) is 0 Å². The van der Waals surface area contributed by atoms with E-state index >= 15 is 0 Å². The van der Waals surface area contributed by atoms with Crippen molar-refractivity contribution in [2.75, 3.05) is 20.8 Å². The maximum atomic E-state index is 9.94. The summed E-state index contributed by atoms with van der Waals surface area (Å²) in [5.41, 5.74) is 0. The summed E-state index contributed by atoms with van der Waals surface area (Å²) in [6, 6.07) is 2.67. The molecule has 1 aromatic rings. The first-order valence-electron chi connectivity index (χ1n) is 6.85. The van der Waals surface area contributed by atoms with Gasteiger partial charge in [-0.25, -0.2) is 0 Å². The lowest BCUT2D eigenvalue weighted by atomic mass is 9.99. The standard InChI is InChI=1S/C14H20O9/c1-20-7-3-6(4-8(21-2)10(7)16)22-14-13(19)12(18)11(17)9(5-15)23-14/h3-4,9,11-19H,5H2,1-2H3/t9-,11-,12+,13-,14+/m1/s1. The highest BCUT2D eigenvalue weighted by molar-refractivity contribution is 5.54. The summed E-state index contributed by atoms with van der Waals surface area (Å²) in [6.45, 7) is -0.562. The minimum absolute atomic E-state index is 0.0731. The molecule has 9 heteroatoms. The van der Waals surface area contributed by atoms with E-state index in [1.807, 2.05) is 0 Å². The third kappa shape index (κ3) is 3.43. The van der Waals surface area contributed by atoms with Crippen molar-refractivity contribution < 1.29 is 44.5 Å². The zero-order valence-electron chi connectivity index (χ0n) is 12.6. The minimum Gasteiger partial charge on any atom is -0.502 e. The van der Waals surface area contributed by atoms with Crippen LogP contribution in [0.2, 0.25) is 0 Å². The number of hydrogen-bond donors (Lipinski definition) is 5. The molecule has 0 aliphatic carbocycles. The molecule has 5 atom stereocenters. The predicted molar refractivity (Wildman–Crippen MR) is 75.6 cm³/mol. The van der Waals surface area contributed by atoms with E-state index in [2.05, 4.69) is 0 Å². The second-order valence-corrected chi connectivity index (χ2v) is 4.99. The van der Waals surface area contributed by atoms with Crippen molar-refractivity contribution in [3.05, 3.63) is 12.1 Å². The van der Waals surface area contributed by atoms with E-state index < -0.39 is 37.3 Å². The first-order valence-corrected chi connectivity index (χ1v) is 6.85. The maximum absolute atomic E-state index is 9.94. The van der Waals surface area contributed by atoms with Crippen molar-refractivity contribution in [1.29, 1.82) is 0 Å². The monoisotopic (exact) mass is 332 g/mol. The van der Waals surface area contributed by atoms with Gasteiger partial charge in [-0.15, -0.1) is 0 Å². The zero-order valence-corrected chi connectivity index (χ0v) is 12.6. The van der Waals surface area contributed by atoms with E-state index in [0.717, 1.165) is 0 Å². The Bertz CT molecular complexity index is 508. The van der Waals surface area contributed by atoms with Crippen LogP contribution in [0.25, 0.3) is 0 Å². The highest BCUT2D eigenvalue weighted by Crippen LogP contribution is 2.40. The topological polar surface area (TPSA) is 138 Å². The van der Waals surface area contributed by atoms with E-state index in [1.54, 1.807) is 0 Å². The Kier molecular flexibility index (Phi) is 5.50. The molecule has 1 aliphatic heterocycles. The Hall–Kier alpha value is -1.78. The van der Waals surface area contributed by atoms with Crippen LogP contribution < -0.4 is 14.2 Å². The molecule has 1 fully saturated rings. The third-order valence-corrected chi connectivity index (χ3v) is 3.55. The molecule has 130 valence electrons. The molecular formula is C14H20O9. The number of aliphatic hydroxyl groups is 4. The summed E-state index contributed by atoms with van der Waals surface area (Å²) >= 11 is 0. The second-order valence-electron chi connectivity index (χ2n) is 4.99. The summed E-state index contributed by atoms with van der Waals surface area (Å²) in [6.07, 6.45) is -6.99. The van der Waals surface area contributed by atoms with Gasteiger partial charge in [0.15, 0.2) is 11.5 Å². The Labute approximate surface area is 132 Å². The summed E-state index contributed by atoms with van der Waals surface area (Å²) in [7, 11) is 2.68. The molecule has 0 aromatic heterocycles. The van der Waals surface area contributed by atoms with Gasteiger partial charge in [0.1, 0.15) is 30.2 Å². The summed E-state index contributed by atoms with van der Waals surface area (Å²) < 4.78 is 20.6. The smallest absolute Gasteiger partial charge is 0.229 e. The minimum atomic E-state index is -1.55. The average Bonchev–Trinajstić information content (AvgIpc) is 2.56. The molecule has 9 nitrogen and oxygen atoms in total. The fourth-order valence-corrected chi connectivity index (χ4v) is 2.24. The fraction of sp³-hybridized carbons (Fsp3) is 0.571. The number of methoxy groups -OCH3 is 2. The van der Waals surface area contributed by atoms with E-state index in [4.69, 9.17) is 24.1 Å². The van der Waals surface area contributed by atoms with Crippen LogP contribution in [0.4, 0.5) is 0 Å². The SMILES string of the molecule is COc1cc(O[C@H]2O[C@H](CO)[C@@H](O)[C@H](O)[C@H]2O)cc(OC)c1O. The van der Waals surface area contributed by atoms with Gasteiger partial charge in [0, 0.05) is 12.1 Å². The Morgan fingerprint density at radius 1 is 1.00 bits per heavy atom. The number of phenolic OH excluding ortho intramolecular Hbond substituents is 1. The number of aliphatic hydroxyl groups excluding tert-OH is 4. The Morgan fingerprint density at radius 3 is 2.04 bits per heavy atom. The van der Waals surface area contributed by atoms with Crippen LogP contribution in [0.1, 0.15) is 0 Å². The Balaban J connectivity index is 2.24. The van der Waals surface area contributed by atoms with Gasteiger partial charge < -0.3 is 44.5 Å². The van der Waals surface area contributed by atoms with Gasteiger partial charge in [-0.05, 0) is 0 Å². The van der Waals surface area contributed by atoms with E-state index in [0.29, 0.717) is 0 Å².